The molecule has 0 aliphatic carbocycles. The fourth-order valence-corrected chi connectivity index (χ4v) is 1.02. The minimum absolute atomic E-state index is 0.367. The first-order chi connectivity index (χ1) is 7.13. The summed E-state index contributed by atoms with van der Waals surface area (Å²) in [6, 6.07) is 5.70. The molecule has 1 rings (SSSR count). The molecule has 1 aromatic carbocycles. The van der Waals surface area contributed by atoms with Crippen LogP contribution in [-0.4, -0.2) is 19.1 Å². The molecule has 0 heterocycles. The molecule has 0 unspecified atom stereocenters. The third kappa shape index (κ3) is 3.18. The van der Waals surface area contributed by atoms with E-state index in [-0.39, 0.29) is 6.03 Å². The van der Waals surface area contributed by atoms with Gasteiger partial charge in [-0.3, -0.25) is 0 Å². The lowest BCUT2D eigenvalue weighted by Gasteiger charge is -2.10. The van der Waals surface area contributed by atoms with Crippen molar-refractivity contribution in [3.05, 3.63) is 24.3 Å². The Kier molecular flexibility index (Phi) is 3.50. The van der Waals surface area contributed by atoms with E-state index in [1.807, 2.05) is 0 Å². The number of nitrogens with one attached hydrogen (secondary N) is 3. The quantitative estimate of drug-likeness (QED) is 0.581. The monoisotopic (exact) mass is 208 g/mol. The van der Waals surface area contributed by atoms with Gasteiger partial charge >= 0.3 is 12.1 Å². The SMILES string of the molecule is CNC(=O)Nc1ccccc1NC(N)=O. The molecule has 5 N–H and O–H groups in total. The van der Waals surface area contributed by atoms with Crippen molar-refractivity contribution >= 4 is 23.4 Å². The number of amides is 4. The first-order valence-corrected chi connectivity index (χ1v) is 4.27. The fourth-order valence-electron chi connectivity index (χ4n) is 1.02. The van der Waals surface area contributed by atoms with Crippen molar-refractivity contribution in [2.45, 2.75) is 0 Å². The zero-order chi connectivity index (χ0) is 11.3. The first kappa shape index (κ1) is 10.8. The number of urea groups is 2. The van der Waals surface area contributed by atoms with Gasteiger partial charge in [-0.1, -0.05) is 12.1 Å². The third-order valence-electron chi connectivity index (χ3n) is 1.66. The summed E-state index contributed by atoms with van der Waals surface area (Å²) in [6.45, 7) is 0. The van der Waals surface area contributed by atoms with E-state index in [9.17, 15) is 9.59 Å². The number of primary amides is 1. The van der Waals surface area contributed by atoms with Crippen molar-refractivity contribution < 1.29 is 9.59 Å². The van der Waals surface area contributed by atoms with Gasteiger partial charge in [-0.05, 0) is 12.1 Å². The summed E-state index contributed by atoms with van der Waals surface area (Å²) in [5, 5.41) is 7.34. The molecule has 0 aromatic heterocycles. The summed E-state index contributed by atoms with van der Waals surface area (Å²) >= 11 is 0. The standard InChI is InChI=1S/C9H12N4O2/c1-11-9(15)13-7-5-3-2-4-6(7)12-8(10)14/h2-5H,1H3,(H3,10,12,14)(H2,11,13,15). The highest BCUT2D eigenvalue weighted by atomic mass is 16.2. The van der Waals surface area contributed by atoms with Crippen LogP contribution in [0.25, 0.3) is 0 Å². The highest BCUT2D eigenvalue weighted by Gasteiger charge is 2.05. The normalized spacial score (nSPS) is 9.13. The highest BCUT2D eigenvalue weighted by molar-refractivity contribution is 5.97. The molecule has 0 aliphatic rings. The van der Waals surface area contributed by atoms with E-state index in [4.69, 9.17) is 5.73 Å². The van der Waals surface area contributed by atoms with Gasteiger partial charge in [0.1, 0.15) is 0 Å². The molecule has 0 radical (unpaired) electrons. The van der Waals surface area contributed by atoms with Crippen molar-refractivity contribution in [3.63, 3.8) is 0 Å². The van der Waals surface area contributed by atoms with Crippen molar-refractivity contribution in [2.24, 2.45) is 5.73 Å². The molecule has 15 heavy (non-hydrogen) atoms. The van der Waals surface area contributed by atoms with Crippen LogP contribution in [0.3, 0.4) is 0 Å². The van der Waals surface area contributed by atoms with Gasteiger partial charge in [0.05, 0.1) is 11.4 Å². The van der Waals surface area contributed by atoms with E-state index in [0.717, 1.165) is 0 Å². The average molecular weight is 208 g/mol. The average Bonchev–Trinajstić information content (AvgIpc) is 2.20. The van der Waals surface area contributed by atoms with E-state index in [0.29, 0.717) is 11.4 Å². The lowest BCUT2D eigenvalue weighted by Crippen LogP contribution is -2.26. The summed E-state index contributed by atoms with van der Waals surface area (Å²) in [6.07, 6.45) is 0. The molecular formula is C9H12N4O2. The van der Waals surface area contributed by atoms with Crippen molar-refractivity contribution in [1.82, 2.24) is 5.32 Å². The van der Waals surface area contributed by atoms with Gasteiger partial charge in [0.2, 0.25) is 0 Å². The zero-order valence-corrected chi connectivity index (χ0v) is 8.20. The van der Waals surface area contributed by atoms with Crippen molar-refractivity contribution in [1.29, 1.82) is 0 Å². The Morgan fingerprint density at radius 2 is 1.67 bits per heavy atom. The molecule has 0 atom stereocenters. The molecule has 6 nitrogen and oxygen atoms in total. The molecule has 0 saturated heterocycles. The van der Waals surface area contributed by atoms with Crippen molar-refractivity contribution in [3.8, 4) is 0 Å². The van der Waals surface area contributed by atoms with Gasteiger partial charge in [-0.2, -0.15) is 0 Å². The summed E-state index contributed by atoms with van der Waals surface area (Å²) in [5.74, 6) is 0. The number of hydrogen-bond acceptors (Lipinski definition) is 2. The lowest BCUT2D eigenvalue weighted by atomic mass is 10.2. The maximum atomic E-state index is 11.1. The topological polar surface area (TPSA) is 96.2 Å². The Labute approximate surface area is 86.8 Å². The molecule has 0 saturated carbocycles. The molecule has 6 heteroatoms. The van der Waals surface area contributed by atoms with Gasteiger partial charge < -0.3 is 21.7 Å². The third-order valence-corrected chi connectivity index (χ3v) is 1.66. The Bertz CT molecular complexity index is 378. The Morgan fingerprint density at radius 3 is 2.13 bits per heavy atom. The lowest BCUT2D eigenvalue weighted by molar-refractivity contribution is 0.253. The number of para-hydroxylation sites is 2. The number of carbonyl (C=O) groups excluding carboxylic acids is 2. The minimum atomic E-state index is -0.679. The van der Waals surface area contributed by atoms with Gasteiger partial charge in [-0.25, -0.2) is 9.59 Å². The number of carbonyl (C=O) groups is 2. The van der Waals surface area contributed by atoms with Crippen LogP contribution in [0.4, 0.5) is 21.0 Å². The maximum absolute atomic E-state index is 11.1. The van der Waals surface area contributed by atoms with E-state index in [2.05, 4.69) is 16.0 Å². The molecule has 0 spiro atoms. The summed E-state index contributed by atoms with van der Waals surface area (Å²) < 4.78 is 0. The molecular weight excluding hydrogens is 196 g/mol. The van der Waals surface area contributed by atoms with Crippen LogP contribution in [0, 0.1) is 0 Å². The maximum Gasteiger partial charge on any atom is 0.319 e. The Balaban J connectivity index is 2.85. The van der Waals surface area contributed by atoms with Crippen LogP contribution < -0.4 is 21.7 Å². The van der Waals surface area contributed by atoms with E-state index < -0.39 is 6.03 Å². The minimum Gasteiger partial charge on any atom is -0.351 e. The second-order valence-electron chi connectivity index (χ2n) is 2.74. The summed E-state index contributed by atoms with van der Waals surface area (Å²) in [7, 11) is 1.50. The second-order valence-corrected chi connectivity index (χ2v) is 2.74. The fraction of sp³-hybridized carbons (Fsp3) is 0.111. The first-order valence-electron chi connectivity index (χ1n) is 4.27. The number of rotatable bonds is 2. The smallest absolute Gasteiger partial charge is 0.319 e. The number of nitrogens with two attached hydrogens (primary N) is 1. The van der Waals surface area contributed by atoms with Crippen LogP contribution in [0.2, 0.25) is 0 Å². The predicted octanol–water partition coefficient (Wildman–Crippen LogP) is 0.928. The van der Waals surface area contributed by atoms with Gasteiger partial charge in [-0.15, -0.1) is 0 Å². The van der Waals surface area contributed by atoms with Crippen LogP contribution in [0.15, 0.2) is 24.3 Å². The summed E-state index contributed by atoms with van der Waals surface area (Å²) in [4.78, 5) is 21.7. The predicted molar refractivity (Wildman–Crippen MR) is 57.7 cm³/mol. The zero-order valence-electron chi connectivity index (χ0n) is 8.20. The molecule has 4 amide bonds. The van der Waals surface area contributed by atoms with E-state index in [1.54, 1.807) is 24.3 Å². The number of benzene rings is 1. The van der Waals surface area contributed by atoms with Gasteiger partial charge in [0.15, 0.2) is 0 Å². The van der Waals surface area contributed by atoms with E-state index in [1.165, 1.54) is 7.05 Å². The molecule has 0 bridgehead atoms. The Morgan fingerprint density at radius 1 is 1.13 bits per heavy atom. The van der Waals surface area contributed by atoms with Crippen LogP contribution in [-0.2, 0) is 0 Å². The van der Waals surface area contributed by atoms with Gasteiger partial charge in [0, 0.05) is 7.05 Å². The molecule has 0 aliphatic heterocycles. The molecule has 1 aromatic rings. The van der Waals surface area contributed by atoms with E-state index >= 15 is 0 Å². The molecule has 80 valence electrons. The largest absolute Gasteiger partial charge is 0.351 e. The summed E-state index contributed by atoms with van der Waals surface area (Å²) in [5.41, 5.74) is 5.91. The van der Waals surface area contributed by atoms with Crippen LogP contribution in [0.1, 0.15) is 0 Å². The van der Waals surface area contributed by atoms with Gasteiger partial charge in [0.25, 0.3) is 0 Å². The van der Waals surface area contributed by atoms with Crippen LogP contribution in [0.5, 0.6) is 0 Å². The van der Waals surface area contributed by atoms with Crippen LogP contribution >= 0.6 is 0 Å². The highest BCUT2D eigenvalue weighted by Crippen LogP contribution is 2.20. The molecule has 0 fully saturated rings. The number of hydrogen-bond donors (Lipinski definition) is 4. The second kappa shape index (κ2) is 4.85. The number of anilines is 2. The van der Waals surface area contributed by atoms with Crippen molar-refractivity contribution in [2.75, 3.05) is 17.7 Å². The Hall–Kier alpha value is -2.24.